The van der Waals surface area contributed by atoms with E-state index in [-0.39, 0.29) is 11.1 Å². The lowest BCUT2D eigenvalue weighted by Gasteiger charge is -2.02. The molecule has 0 amide bonds. The quantitative estimate of drug-likeness (QED) is 0.627. The van der Waals surface area contributed by atoms with Gasteiger partial charge in [0.1, 0.15) is 6.33 Å². The maximum Gasteiger partial charge on any atom is 0.300 e. The molecule has 2 aromatic rings. The Morgan fingerprint density at radius 1 is 1.31 bits per heavy atom. The van der Waals surface area contributed by atoms with Gasteiger partial charge in [-0.15, -0.1) is 0 Å². The summed E-state index contributed by atoms with van der Waals surface area (Å²) in [4.78, 5) is 23.3. The van der Waals surface area contributed by atoms with Gasteiger partial charge in [-0.05, 0) is 0 Å². The predicted molar refractivity (Wildman–Crippen MR) is 46.9 cm³/mol. The number of hydrogen-bond donors (Lipinski definition) is 1. The summed E-state index contributed by atoms with van der Waals surface area (Å²) in [5.74, 6) is 0. The molecule has 66 valence electrons. The molecular weight excluding hydrogens is 170 g/mol. The van der Waals surface area contributed by atoms with Crippen LogP contribution in [0.2, 0.25) is 0 Å². The topological polar surface area (TPSA) is 72.7 Å². The van der Waals surface area contributed by atoms with Crippen molar-refractivity contribution in [2.24, 2.45) is 0 Å². The number of rotatable bonds is 1. The smallest absolute Gasteiger partial charge is 0.300 e. The summed E-state index contributed by atoms with van der Waals surface area (Å²) in [6, 6.07) is 0. The van der Waals surface area contributed by atoms with Gasteiger partial charge in [-0.25, -0.2) is 19.6 Å². The van der Waals surface area contributed by atoms with Gasteiger partial charge >= 0.3 is 0 Å². The number of fused-ring (bicyclic) bond motifs is 1. The van der Waals surface area contributed by atoms with Crippen LogP contribution in [0.1, 0.15) is 0 Å². The molecule has 0 aromatic carbocycles. The maximum absolute atomic E-state index is 11.5. The fourth-order valence-corrected chi connectivity index (χ4v) is 1.01. The fourth-order valence-electron chi connectivity index (χ4n) is 1.01. The number of hydrogen-bond acceptors (Lipinski definition) is 5. The maximum atomic E-state index is 11.5. The Bertz CT molecular complexity index is 491. The highest BCUT2D eigenvalue weighted by Crippen LogP contribution is 1.94. The van der Waals surface area contributed by atoms with Crippen molar-refractivity contribution >= 4 is 11.2 Å². The van der Waals surface area contributed by atoms with E-state index in [2.05, 4.69) is 20.4 Å². The SMILES string of the molecule is CNn1cnc2nccnc2c1=O. The van der Waals surface area contributed by atoms with Crippen molar-refractivity contribution in [1.29, 1.82) is 0 Å². The number of aromatic nitrogens is 4. The Hall–Kier alpha value is -1.98. The van der Waals surface area contributed by atoms with Crippen LogP contribution in [0.15, 0.2) is 23.5 Å². The Labute approximate surface area is 73.2 Å². The molecule has 0 radical (unpaired) electrons. The highest BCUT2D eigenvalue weighted by Gasteiger charge is 2.03. The van der Waals surface area contributed by atoms with E-state index in [0.717, 1.165) is 0 Å². The molecule has 1 N–H and O–H groups in total. The molecule has 0 spiro atoms. The van der Waals surface area contributed by atoms with Crippen molar-refractivity contribution < 1.29 is 0 Å². The lowest BCUT2D eigenvalue weighted by atomic mass is 10.5. The van der Waals surface area contributed by atoms with Crippen LogP contribution < -0.4 is 11.0 Å². The summed E-state index contributed by atoms with van der Waals surface area (Å²) in [6.07, 6.45) is 4.34. The summed E-state index contributed by atoms with van der Waals surface area (Å²) in [6.45, 7) is 0. The van der Waals surface area contributed by atoms with Crippen molar-refractivity contribution in [3.63, 3.8) is 0 Å². The summed E-state index contributed by atoms with van der Waals surface area (Å²) < 4.78 is 1.25. The zero-order chi connectivity index (χ0) is 9.26. The van der Waals surface area contributed by atoms with E-state index in [1.54, 1.807) is 7.05 Å². The average molecular weight is 177 g/mol. The van der Waals surface area contributed by atoms with E-state index in [4.69, 9.17) is 0 Å². The van der Waals surface area contributed by atoms with Gasteiger partial charge in [0.25, 0.3) is 5.56 Å². The van der Waals surface area contributed by atoms with E-state index >= 15 is 0 Å². The second kappa shape index (κ2) is 2.81. The van der Waals surface area contributed by atoms with Crippen molar-refractivity contribution in [2.75, 3.05) is 12.5 Å². The van der Waals surface area contributed by atoms with Crippen molar-refractivity contribution in [3.8, 4) is 0 Å². The monoisotopic (exact) mass is 177 g/mol. The molecule has 0 aliphatic carbocycles. The summed E-state index contributed by atoms with van der Waals surface area (Å²) in [5.41, 5.74) is 3.04. The van der Waals surface area contributed by atoms with Crippen LogP contribution in [0, 0.1) is 0 Å². The first-order valence-electron chi connectivity index (χ1n) is 3.69. The molecule has 6 nitrogen and oxygen atoms in total. The van der Waals surface area contributed by atoms with Crippen LogP contribution in [-0.2, 0) is 0 Å². The zero-order valence-electron chi connectivity index (χ0n) is 6.93. The fraction of sp³-hybridized carbons (Fsp3) is 0.143. The molecule has 6 heteroatoms. The molecule has 0 aliphatic rings. The first kappa shape index (κ1) is 7.66. The minimum absolute atomic E-state index is 0.249. The third kappa shape index (κ3) is 1.12. The van der Waals surface area contributed by atoms with Gasteiger partial charge in [-0.1, -0.05) is 0 Å². The van der Waals surface area contributed by atoms with Crippen LogP contribution in [0.25, 0.3) is 11.2 Å². The summed E-state index contributed by atoms with van der Waals surface area (Å²) in [7, 11) is 1.63. The molecular formula is C7H7N5O. The summed E-state index contributed by atoms with van der Waals surface area (Å²) in [5, 5.41) is 0. The van der Waals surface area contributed by atoms with Crippen molar-refractivity contribution in [2.45, 2.75) is 0 Å². The van der Waals surface area contributed by atoms with Gasteiger partial charge in [-0.2, -0.15) is 0 Å². The molecule has 0 fully saturated rings. The van der Waals surface area contributed by atoms with E-state index in [0.29, 0.717) is 5.65 Å². The van der Waals surface area contributed by atoms with Crippen LogP contribution in [0.4, 0.5) is 0 Å². The molecule has 0 saturated heterocycles. The van der Waals surface area contributed by atoms with E-state index in [9.17, 15) is 4.79 Å². The van der Waals surface area contributed by atoms with Gasteiger partial charge in [0.15, 0.2) is 11.2 Å². The molecule has 2 aromatic heterocycles. The minimum atomic E-state index is -0.249. The second-order valence-electron chi connectivity index (χ2n) is 2.37. The number of nitrogens with one attached hydrogen (secondary N) is 1. The first-order chi connectivity index (χ1) is 6.33. The molecule has 0 atom stereocenters. The molecule has 0 unspecified atom stereocenters. The van der Waals surface area contributed by atoms with Crippen LogP contribution in [0.5, 0.6) is 0 Å². The van der Waals surface area contributed by atoms with Crippen molar-refractivity contribution in [1.82, 2.24) is 19.6 Å². The molecule has 0 aliphatic heterocycles. The van der Waals surface area contributed by atoms with E-state index in [1.165, 1.54) is 23.4 Å². The lowest BCUT2D eigenvalue weighted by molar-refractivity contribution is 0.847. The molecule has 2 heterocycles. The van der Waals surface area contributed by atoms with Gasteiger partial charge in [0.05, 0.1) is 0 Å². The number of nitrogens with zero attached hydrogens (tertiary/aromatic N) is 4. The minimum Gasteiger partial charge on any atom is -0.325 e. The molecule has 2 rings (SSSR count). The van der Waals surface area contributed by atoms with E-state index < -0.39 is 0 Å². The molecule has 0 saturated carbocycles. The Morgan fingerprint density at radius 2 is 2.08 bits per heavy atom. The Kier molecular flexibility index (Phi) is 1.66. The Morgan fingerprint density at radius 3 is 2.85 bits per heavy atom. The largest absolute Gasteiger partial charge is 0.325 e. The highest BCUT2D eigenvalue weighted by atomic mass is 16.1. The highest BCUT2D eigenvalue weighted by molar-refractivity contribution is 5.66. The van der Waals surface area contributed by atoms with Gasteiger partial charge in [-0.3, -0.25) is 4.79 Å². The molecule has 0 bridgehead atoms. The average Bonchev–Trinajstić information content (AvgIpc) is 2.19. The van der Waals surface area contributed by atoms with Crippen LogP contribution in [-0.4, -0.2) is 26.7 Å². The zero-order valence-corrected chi connectivity index (χ0v) is 6.93. The predicted octanol–water partition coefficient (Wildman–Crippen LogP) is -0.640. The summed E-state index contributed by atoms with van der Waals surface area (Å²) >= 11 is 0. The normalized spacial score (nSPS) is 10.2. The Balaban J connectivity index is 2.87. The third-order valence-electron chi connectivity index (χ3n) is 1.64. The first-order valence-corrected chi connectivity index (χ1v) is 3.69. The van der Waals surface area contributed by atoms with Crippen LogP contribution in [0.3, 0.4) is 0 Å². The van der Waals surface area contributed by atoms with Gasteiger partial charge in [0.2, 0.25) is 0 Å². The molecule has 13 heavy (non-hydrogen) atoms. The third-order valence-corrected chi connectivity index (χ3v) is 1.64. The van der Waals surface area contributed by atoms with Gasteiger partial charge in [0, 0.05) is 19.4 Å². The van der Waals surface area contributed by atoms with Crippen LogP contribution >= 0.6 is 0 Å². The van der Waals surface area contributed by atoms with E-state index in [1.807, 2.05) is 0 Å². The standard InChI is InChI=1S/C7H7N5O/c1-8-12-4-11-6-5(7(12)13)9-2-3-10-6/h2-4,8H,1H3. The van der Waals surface area contributed by atoms with Gasteiger partial charge < -0.3 is 5.43 Å². The van der Waals surface area contributed by atoms with Crippen molar-refractivity contribution in [3.05, 3.63) is 29.1 Å². The lowest BCUT2D eigenvalue weighted by Crippen LogP contribution is -2.27. The second-order valence-corrected chi connectivity index (χ2v) is 2.37.